The maximum atomic E-state index is 13.7. The molecule has 7 nitrogen and oxygen atoms in total. The van der Waals surface area contributed by atoms with Crippen LogP contribution in [0.25, 0.3) is 0 Å². The second kappa shape index (κ2) is 10.8. The topological polar surface area (TPSA) is 90.0 Å². The Hall–Kier alpha value is -3.26. The molecule has 2 aromatic carbocycles. The number of piperidine rings is 1. The predicted octanol–water partition coefficient (Wildman–Crippen LogP) is 4.04. The monoisotopic (exact) mass is 495 g/mol. The van der Waals surface area contributed by atoms with Crippen LogP contribution in [0.5, 0.6) is 0 Å². The maximum Gasteiger partial charge on any atom is 0.337 e. The average Bonchev–Trinajstić information content (AvgIpc) is 3.07. The van der Waals surface area contributed by atoms with Gasteiger partial charge < -0.3 is 15.3 Å². The van der Waals surface area contributed by atoms with Crippen molar-refractivity contribution in [3.63, 3.8) is 0 Å². The highest BCUT2D eigenvalue weighted by atomic mass is 19.1. The van der Waals surface area contributed by atoms with E-state index in [9.17, 15) is 23.9 Å². The Kier molecular flexibility index (Phi) is 7.73. The third-order valence-electron chi connectivity index (χ3n) is 7.34. The molecule has 0 radical (unpaired) electrons. The van der Waals surface area contributed by atoms with Crippen LogP contribution in [0.3, 0.4) is 0 Å². The number of carbonyl (C=O) groups is 3. The number of hydrogen-bond acceptors (Lipinski definition) is 4. The largest absolute Gasteiger partial charge is 0.478 e. The minimum Gasteiger partial charge on any atom is -0.478 e. The third-order valence-corrected chi connectivity index (χ3v) is 7.34. The van der Waals surface area contributed by atoms with E-state index in [1.165, 1.54) is 18.2 Å². The Balaban J connectivity index is 1.39. The summed E-state index contributed by atoms with van der Waals surface area (Å²) in [6, 6.07) is 12.9. The van der Waals surface area contributed by atoms with Gasteiger partial charge in [0.05, 0.1) is 23.2 Å². The summed E-state index contributed by atoms with van der Waals surface area (Å²) in [7, 11) is 0. The van der Waals surface area contributed by atoms with Gasteiger partial charge in [-0.25, -0.2) is 9.18 Å². The second-order valence-corrected chi connectivity index (χ2v) is 10.5. The number of benzene rings is 2. The Morgan fingerprint density at radius 2 is 1.78 bits per heavy atom. The Morgan fingerprint density at radius 3 is 2.42 bits per heavy atom. The van der Waals surface area contributed by atoms with Crippen molar-refractivity contribution in [2.24, 2.45) is 11.3 Å². The molecule has 0 bridgehead atoms. The molecule has 8 heteroatoms. The number of nitrogens with one attached hydrogen (secondary N) is 1. The molecule has 2 aliphatic rings. The van der Waals surface area contributed by atoms with Gasteiger partial charge in [-0.05, 0) is 74.5 Å². The molecule has 36 heavy (non-hydrogen) atoms. The first kappa shape index (κ1) is 25.8. The van der Waals surface area contributed by atoms with Crippen LogP contribution >= 0.6 is 0 Å². The highest BCUT2D eigenvalue weighted by Crippen LogP contribution is 2.45. The molecule has 1 atom stereocenters. The van der Waals surface area contributed by atoms with Crippen LogP contribution in [0.2, 0.25) is 0 Å². The molecule has 2 heterocycles. The van der Waals surface area contributed by atoms with E-state index in [4.69, 9.17) is 0 Å². The normalized spacial score (nSPS) is 19.7. The molecule has 1 spiro atoms. The zero-order chi connectivity index (χ0) is 25.9. The molecule has 0 aromatic heterocycles. The number of hydrogen-bond donors (Lipinski definition) is 2. The van der Waals surface area contributed by atoms with Crippen molar-refractivity contribution in [1.82, 2.24) is 9.80 Å². The summed E-state index contributed by atoms with van der Waals surface area (Å²) in [6.07, 6.45) is 2.83. The van der Waals surface area contributed by atoms with E-state index in [2.05, 4.69) is 19.2 Å². The number of anilines is 1. The van der Waals surface area contributed by atoms with Crippen LogP contribution in [-0.2, 0) is 16.0 Å². The molecule has 2 aliphatic heterocycles. The number of carboxylic acid groups (broad SMARTS) is 1. The summed E-state index contributed by atoms with van der Waals surface area (Å²) < 4.78 is 13.4. The fraction of sp³-hybridized carbons (Fsp3) is 0.464. The Bertz CT molecular complexity index is 1110. The van der Waals surface area contributed by atoms with Crippen molar-refractivity contribution in [2.45, 2.75) is 45.6 Å². The lowest BCUT2D eigenvalue weighted by molar-refractivity contribution is -0.139. The standard InChI is InChI=1S/C28H34FN3O4/c1-19(2)17-32-22(15-20-7-9-21(29)10-8-20)16-28(27(32)36)11-13-31(14-12-28)18-25(33)30-24-6-4-3-5-23(24)26(34)35/h3-10,19,22H,11-18H2,1-2H3,(H,30,33)(H,34,35)/t22-/m0/s1. The fourth-order valence-corrected chi connectivity index (χ4v) is 5.55. The quantitative estimate of drug-likeness (QED) is 0.577. The lowest BCUT2D eigenvalue weighted by atomic mass is 9.75. The summed E-state index contributed by atoms with van der Waals surface area (Å²) in [4.78, 5) is 41.7. The molecule has 0 saturated carbocycles. The zero-order valence-corrected chi connectivity index (χ0v) is 20.9. The van der Waals surface area contributed by atoms with Crippen LogP contribution in [0.1, 0.15) is 49.0 Å². The van der Waals surface area contributed by atoms with E-state index >= 15 is 0 Å². The van der Waals surface area contributed by atoms with Crippen LogP contribution in [0, 0.1) is 17.2 Å². The van der Waals surface area contributed by atoms with Gasteiger partial charge in [0.1, 0.15) is 5.82 Å². The van der Waals surface area contributed by atoms with Gasteiger partial charge in [0.15, 0.2) is 0 Å². The summed E-state index contributed by atoms with van der Waals surface area (Å²) in [5.41, 5.74) is 0.929. The number of rotatable bonds is 8. The van der Waals surface area contributed by atoms with E-state index in [-0.39, 0.29) is 41.5 Å². The number of carbonyl (C=O) groups excluding carboxylic acids is 2. The maximum absolute atomic E-state index is 13.7. The first-order valence-corrected chi connectivity index (χ1v) is 12.6. The lowest BCUT2D eigenvalue weighted by Crippen LogP contribution is -2.47. The zero-order valence-electron chi connectivity index (χ0n) is 20.9. The van der Waals surface area contributed by atoms with Crippen molar-refractivity contribution >= 4 is 23.5 Å². The van der Waals surface area contributed by atoms with Crippen molar-refractivity contribution in [1.29, 1.82) is 0 Å². The molecule has 0 unspecified atom stereocenters. The Labute approximate surface area is 211 Å². The van der Waals surface area contributed by atoms with Crippen molar-refractivity contribution in [3.8, 4) is 0 Å². The van der Waals surface area contributed by atoms with E-state index in [1.54, 1.807) is 30.3 Å². The SMILES string of the molecule is CC(C)CN1C(=O)C2(CCN(CC(=O)Nc3ccccc3C(=O)O)CC2)C[C@@H]1Cc1ccc(F)cc1. The first-order valence-electron chi connectivity index (χ1n) is 12.6. The van der Waals surface area contributed by atoms with Crippen molar-refractivity contribution < 1.29 is 23.9 Å². The van der Waals surface area contributed by atoms with Crippen LogP contribution < -0.4 is 5.32 Å². The van der Waals surface area contributed by atoms with Crippen LogP contribution in [0.4, 0.5) is 10.1 Å². The lowest BCUT2D eigenvalue weighted by Gasteiger charge is -2.37. The molecule has 2 fully saturated rings. The number of carboxylic acids is 1. The van der Waals surface area contributed by atoms with Gasteiger partial charge in [-0.2, -0.15) is 0 Å². The smallest absolute Gasteiger partial charge is 0.337 e. The average molecular weight is 496 g/mol. The molecule has 2 saturated heterocycles. The van der Waals surface area contributed by atoms with Gasteiger partial charge in [0.25, 0.3) is 0 Å². The van der Waals surface area contributed by atoms with Crippen molar-refractivity contribution in [3.05, 3.63) is 65.5 Å². The summed E-state index contributed by atoms with van der Waals surface area (Å²) in [6.45, 7) is 6.31. The summed E-state index contributed by atoms with van der Waals surface area (Å²) in [5.74, 6) is -1.08. The predicted molar refractivity (Wildman–Crippen MR) is 135 cm³/mol. The number of aromatic carboxylic acids is 1. The van der Waals surface area contributed by atoms with Crippen LogP contribution in [-0.4, -0.2) is 64.9 Å². The number of halogens is 1. The molecular weight excluding hydrogens is 461 g/mol. The molecule has 192 valence electrons. The molecule has 2 aromatic rings. The van der Waals surface area contributed by atoms with Crippen molar-refractivity contribution in [2.75, 3.05) is 31.5 Å². The number of likely N-dealkylation sites (tertiary alicyclic amines) is 2. The van der Waals surface area contributed by atoms with Gasteiger partial charge >= 0.3 is 5.97 Å². The van der Waals surface area contributed by atoms with E-state index < -0.39 is 11.4 Å². The molecule has 4 rings (SSSR count). The summed E-state index contributed by atoms with van der Waals surface area (Å²) in [5, 5.41) is 12.0. The van der Waals surface area contributed by atoms with Gasteiger partial charge in [-0.1, -0.05) is 38.1 Å². The highest BCUT2D eigenvalue weighted by molar-refractivity contribution is 6.01. The van der Waals surface area contributed by atoms with E-state index in [1.807, 2.05) is 9.80 Å². The molecule has 2 N–H and O–H groups in total. The van der Waals surface area contributed by atoms with E-state index in [0.717, 1.165) is 12.0 Å². The summed E-state index contributed by atoms with van der Waals surface area (Å²) >= 11 is 0. The number of nitrogens with zero attached hydrogens (tertiary/aromatic N) is 2. The van der Waals surface area contributed by atoms with Gasteiger partial charge in [0, 0.05) is 12.6 Å². The minimum absolute atomic E-state index is 0.0532. The van der Waals surface area contributed by atoms with Crippen LogP contribution in [0.15, 0.2) is 48.5 Å². The number of amides is 2. The van der Waals surface area contributed by atoms with Gasteiger partial charge in [0.2, 0.25) is 11.8 Å². The molecule has 2 amide bonds. The van der Waals surface area contributed by atoms with Gasteiger partial charge in [-0.15, -0.1) is 0 Å². The Morgan fingerprint density at radius 1 is 1.11 bits per heavy atom. The molecule has 0 aliphatic carbocycles. The number of para-hydroxylation sites is 1. The molecular formula is C28H34FN3O4. The van der Waals surface area contributed by atoms with E-state index in [0.29, 0.717) is 44.8 Å². The minimum atomic E-state index is -1.09. The first-order chi connectivity index (χ1) is 17.2. The third kappa shape index (κ3) is 5.75. The van der Waals surface area contributed by atoms with Gasteiger partial charge in [-0.3, -0.25) is 14.5 Å². The fourth-order valence-electron chi connectivity index (χ4n) is 5.55. The second-order valence-electron chi connectivity index (χ2n) is 10.5. The highest BCUT2D eigenvalue weighted by Gasteiger charge is 2.52.